The van der Waals surface area contributed by atoms with Gasteiger partial charge in [-0.15, -0.1) is 0 Å². The number of likely N-dealkylation sites (N-methyl/N-ethyl adjacent to an activating group) is 1. The van der Waals surface area contributed by atoms with Gasteiger partial charge in [-0.2, -0.15) is 0 Å². The molecule has 162 valence electrons. The van der Waals surface area contributed by atoms with Crippen LogP contribution >= 0.6 is 11.6 Å². The summed E-state index contributed by atoms with van der Waals surface area (Å²) in [6.45, 7) is 4.63. The molecule has 4 nitrogen and oxygen atoms in total. The monoisotopic (exact) mass is 436 g/mol. The number of pyridine rings is 1. The van der Waals surface area contributed by atoms with Gasteiger partial charge in [-0.3, -0.25) is 9.36 Å². The van der Waals surface area contributed by atoms with Crippen LogP contribution in [-0.2, 0) is 6.61 Å². The Kier molecular flexibility index (Phi) is 8.51. The lowest BCUT2D eigenvalue weighted by atomic mass is 10.2. The zero-order chi connectivity index (χ0) is 22.1. The van der Waals surface area contributed by atoms with Crippen molar-refractivity contribution in [2.75, 3.05) is 20.1 Å². The number of benzene rings is 2. The summed E-state index contributed by atoms with van der Waals surface area (Å²) in [4.78, 5) is 14.9. The van der Waals surface area contributed by atoms with E-state index in [0.717, 1.165) is 29.9 Å². The summed E-state index contributed by atoms with van der Waals surface area (Å²) < 4.78 is 7.35. The summed E-state index contributed by atoms with van der Waals surface area (Å²) in [5.74, 6) is 0.544. The molecule has 1 heterocycles. The highest BCUT2D eigenvalue weighted by atomic mass is 35.5. The molecule has 1 aromatic heterocycles. The largest absolute Gasteiger partial charge is 0.489 e. The van der Waals surface area contributed by atoms with Gasteiger partial charge in [0.25, 0.3) is 5.56 Å². The lowest BCUT2D eigenvalue weighted by molar-refractivity contribution is 0.305. The van der Waals surface area contributed by atoms with Gasteiger partial charge in [-0.25, -0.2) is 0 Å². The Bertz CT molecular complexity index is 1040. The van der Waals surface area contributed by atoms with Crippen LogP contribution < -0.4 is 10.3 Å². The normalized spacial score (nSPS) is 11.4. The van der Waals surface area contributed by atoms with E-state index in [2.05, 4.69) is 31.0 Å². The lowest BCUT2D eigenvalue weighted by Crippen LogP contribution is -2.19. The minimum Gasteiger partial charge on any atom is -0.489 e. The zero-order valence-corrected chi connectivity index (χ0v) is 18.9. The molecule has 0 fully saturated rings. The van der Waals surface area contributed by atoms with Crippen LogP contribution in [-0.4, -0.2) is 29.6 Å². The van der Waals surface area contributed by atoms with Crippen LogP contribution in [0.1, 0.15) is 30.9 Å². The van der Waals surface area contributed by atoms with Crippen molar-refractivity contribution in [1.82, 2.24) is 9.47 Å². The maximum atomic E-state index is 12.6. The third kappa shape index (κ3) is 7.12. The third-order valence-corrected chi connectivity index (χ3v) is 5.25. The molecule has 0 unspecified atom stereocenters. The highest BCUT2D eigenvalue weighted by molar-refractivity contribution is 6.30. The summed E-state index contributed by atoms with van der Waals surface area (Å²) in [6.07, 6.45) is 8.46. The van der Waals surface area contributed by atoms with Gasteiger partial charge >= 0.3 is 0 Å². The fraction of sp³-hybridized carbons (Fsp3) is 0.269. The van der Waals surface area contributed by atoms with Crippen molar-refractivity contribution in [1.29, 1.82) is 0 Å². The number of aromatic nitrogens is 1. The first-order chi connectivity index (χ1) is 15.0. The molecule has 0 saturated carbocycles. The van der Waals surface area contributed by atoms with E-state index in [9.17, 15) is 4.79 Å². The van der Waals surface area contributed by atoms with Crippen LogP contribution in [0.4, 0.5) is 0 Å². The third-order valence-electron chi connectivity index (χ3n) is 5.00. The molecule has 0 saturated heterocycles. The Morgan fingerprint density at radius 1 is 1.06 bits per heavy atom. The van der Waals surface area contributed by atoms with Crippen molar-refractivity contribution in [3.8, 4) is 11.4 Å². The van der Waals surface area contributed by atoms with E-state index in [1.165, 1.54) is 18.9 Å². The Labute approximate surface area is 189 Å². The summed E-state index contributed by atoms with van der Waals surface area (Å²) in [5, 5.41) is 0.687. The quantitative estimate of drug-likeness (QED) is 0.402. The predicted molar refractivity (Wildman–Crippen MR) is 129 cm³/mol. The first kappa shape index (κ1) is 22.9. The Morgan fingerprint density at radius 3 is 2.48 bits per heavy atom. The molecule has 2 aromatic carbocycles. The van der Waals surface area contributed by atoms with E-state index in [0.29, 0.717) is 17.4 Å². The molecule has 3 rings (SSSR count). The van der Waals surface area contributed by atoms with Crippen LogP contribution in [0.25, 0.3) is 11.8 Å². The van der Waals surface area contributed by atoms with Crippen LogP contribution in [0.5, 0.6) is 5.75 Å². The van der Waals surface area contributed by atoms with Crippen molar-refractivity contribution in [3.63, 3.8) is 0 Å². The predicted octanol–water partition coefficient (Wildman–Crippen LogP) is 5.82. The zero-order valence-electron chi connectivity index (χ0n) is 18.1. The van der Waals surface area contributed by atoms with E-state index in [-0.39, 0.29) is 5.56 Å². The van der Waals surface area contributed by atoms with Gasteiger partial charge < -0.3 is 9.64 Å². The van der Waals surface area contributed by atoms with E-state index >= 15 is 0 Å². The number of halogens is 1. The number of unbranched alkanes of at least 4 members (excludes halogenated alkanes) is 1. The van der Waals surface area contributed by atoms with Crippen LogP contribution in [0, 0.1) is 0 Å². The van der Waals surface area contributed by atoms with Gasteiger partial charge in [-0.1, -0.05) is 61.4 Å². The van der Waals surface area contributed by atoms with Crippen LogP contribution in [0.3, 0.4) is 0 Å². The molecule has 0 N–H and O–H groups in total. The van der Waals surface area contributed by atoms with Crippen LogP contribution in [0.2, 0.25) is 5.02 Å². The number of rotatable bonds is 10. The number of hydrogen-bond acceptors (Lipinski definition) is 3. The lowest BCUT2D eigenvalue weighted by Gasteiger charge is -2.13. The fourth-order valence-electron chi connectivity index (χ4n) is 3.15. The summed E-state index contributed by atoms with van der Waals surface area (Å²) in [7, 11) is 2.14. The van der Waals surface area contributed by atoms with Gasteiger partial charge in [0.2, 0.25) is 0 Å². The molecule has 0 radical (unpaired) electrons. The number of hydrogen-bond donors (Lipinski definition) is 0. The van der Waals surface area contributed by atoms with E-state index in [1.54, 1.807) is 16.8 Å². The molecular weight excluding hydrogens is 408 g/mol. The molecule has 31 heavy (non-hydrogen) atoms. The van der Waals surface area contributed by atoms with Crippen molar-refractivity contribution in [2.45, 2.75) is 26.4 Å². The minimum absolute atomic E-state index is 0.130. The molecule has 3 aromatic rings. The van der Waals surface area contributed by atoms with Crippen LogP contribution in [0.15, 0.2) is 77.7 Å². The first-order valence-corrected chi connectivity index (χ1v) is 11.0. The SMILES string of the molecule is CCCCN(C)C/C=C/c1ccc(-n2ccc(OCc3ccc(Cl)cc3)cc2=O)cc1. The topological polar surface area (TPSA) is 34.5 Å². The summed E-state index contributed by atoms with van der Waals surface area (Å²) >= 11 is 5.90. The molecule has 0 amide bonds. The molecule has 0 aliphatic carbocycles. The number of nitrogens with zero attached hydrogens (tertiary/aromatic N) is 2. The van der Waals surface area contributed by atoms with Gasteiger partial charge in [0.05, 0.1) is 0 Å². The second-order valence-electron chi connectivity index (χ2n) is 7.60. The molecule has 0 aliphatic rings. The number of ether oxygens (including phenoxy) is 1. The minimum atomic E-state index is -0.130. The van der Waals surface area contributed by atoms with Crippen molar-refractivity contribution < 1.29 is 4.74 Å². The Morgan fingerprint density at radius 2 is 1.81 bits per heavy atom. The highest BCUT2D eigenvalue weighted by Crippen LogP contribution is 2.15. The average Bonchev–Trinajstić information content (AvgIpc) is 2.78. The Balaban J connectivity index is 1.59. The summed E-state index contributed by atoms with van der Waals surface area (Å²) in [5.41, 5.74) is 2.80. The maximum absolute atomic E-state index is 12.6. The smallest absolute Gasteiger partial charge is 0.258 e. The molecule has 0 bridgehead atoms. The van der Waals surface area contributed by atoms with Gasteiger partial charge in [0, 0.05) is 29.5 Å². The van der Waals surface area contributed by atoms with Gasteiger partial charge in [-0.05, 0) is 61.5 Å². The highest BCUT2D eigenvalue weighted by Gasteiger charge is 2.03. The van der Waals surface area contributed by atoms with Crippen molar-refractivity contribution >= 4 is 17.7 Å². The van der Waals surface area contributed by atoms with Crippen molar-refractivity contribution in [3.05, 3.63) is 99.4 Å². The van der Waals surface area contributed by atoms with Crippen molar-refractivity contribution in [2.24, 2.45) is 0 Å². The molecular formula is C26H29ClN2O2. The Hall–Kier alpha value is -2.82. The van der Waals surface area contributed by atoms with Gasteiger partial charge in [0.1, 0.15) is 12.4 Å². The van der Waals surface area contributed by atoms with E-state index in [4.69, 9.17) is 16.3 Å². The fourth-order valence-corrected chi connectivity index (χ4v) is 3.27. The molecule has 5 heteroatoms. The van der Waals surface area contributed by atoms with E-state index < -0.39 is 0 Å². The summed E-state index contributed by atoms with van der Waals surface area (Å²) in [6, 6.07) is 18.7. The average molecular weight is 437 g/mol. The maximum Gasteiger partial charge on any atom is 0.258 e. The molecule has 0 atom stereocenters. The standard InChI is InChI=1S/C26H29ClN2O2/c1-3-4-16-28(2)17-5-6-21-9-13-24(14-10-21)29-18-15-25(19-26(29)30)31-20-22-7-11-23(27)12-8-22/h5-15,18-19H,3-4,16-17,20H2,1-2H3/b6-5+. The first-order valence-electron chi connectivity index (χ1n) is 10.6. The second kappa shape index (κ2) is 11.5. The van der Waals surface area contributed by atoms with Gasteiger partial charge in [0.15, 0.2) is 0 Å². The molecule has 0 spiro atoms. The second-order valence-corrected chi connectivity index (χ2v) is 8.03. The molecule has 0 aliphatic heterocycles. The van der Waals surface area contributed by atoms with E-state index in [1.807, 2.05) is 48.5 Å².